The lowest BCUT2D eigenvalue weighted by Crippen LogP contribution is -2.12. The normalized spacial score (nSPS) is 10.2. The van der Waals surface area contributed by atoms with Gasteiger partial charge >= 0.3 is 0 Å². The van der Waals surface area contributed by atoms with E-state index in [0.717, 1.165) is 0 Å². The van der Waals surface area contributed by atoms with Crippen molar-refractivity contribution < 1.29 is 9.90 Å². The summed E-state index contributed by atoms with van der Waals surface area (Å²) >= 11 is 6.68. The predicted molar refractivity (Wildman–Crippen MR) is 82.3 cm³/mol. The molecule has 6 heteroatoms. The van der Waals surface area contributed by atoms with Gasteiger partial charge in [0.15, 0.2) is 0 Å². The van der Waals surface area contributed by atoms with Crippen LogP contribution in [0.2, 0.25) is 0 Å². The van der Waals surface area contributed by atoms with Gasteiger partial charge in [0.05, 0.1) is 5.69 Å². The molecule has 0 spiro atoms. The van der Waals surface area contributed by atoms with E-state index in [4.69, 9.17) is 5.73 Å². The van der Waals surface area contributed by atoms with Gasteiger partial charge in [-0.25, -0.2) is 0 Å². The van der Waals surface area contributed by atoms with Crippen molar-refractivity contribution in [3.05, 3.63) is 50.9 Å². The minimum atomic E-state index is -0.318. The maximum atomic E-state index is 12.1. The third-order valence-electron chi connectivity index (χ3n) is 2.41. The summed E-state index contributed by atoms with van der Waals surface area (Å²) in [5.74, 6) is -0.273. The first-order chi connectivity index (χ1) is 8.97. The van der Waals surface area contributed by atoms with Crippen LogP contribution in [-0.2, 0) is 0 Å². The van der Waals surface area contributed by atoms with E-state index in [1.54, 1.807) is 24.3 Å². The Hall–Kier alpha value is -1.53. The van der Waals surface area contributed by atoms with Gasteiger partial charge in [0.25, 0.3) is 5.91 Å². The lowest BCUT2D eigenvalue weighted by molar-refractivity contribution is 0.102. The molecule has 0 atom stereocenters. The van der Waals surface area contributed by atoms with Crippen molar-refractivity contribution in [2.45, 2.75) is 0 Å². The number of hydrogen-bond acceptors (Lipinski definition) is 3. The number of phenolic OH excluding ortho intramolecular Hbond substituents is 1. The number of benzene rings is 2. The molecular formula is C13H10Br2N2O2. The summed E-state index contributed by atoms with van der Waals surface area (Å²) in [5.41, 5.74) is 7.22. The summed E-state index contributed by atoms with van der Waals surface area (Å²) in [7, 11) is 0. The molecule has 0 heterocycles. The summed E-state index contributed by atoms with van der Waals surface area (Å²) < 4.78 is 1.35. The van der Waals surface area contributed by atoms with Crippen molar-refractivity contribution in [3.63, 3.8) is 0 Å². The summed E-state index contributed by atoms with van der Waals surface area (Å²) in [6.45, 7) is 0. The first-order valence-corrected chi connectivity index (χ1v) is 6.91. The first kappa shape index (κ1) is 13.9. The fourth-order valence-corrected chi connectivity index (χ4v) is 2.97. The molecule has 19 heavy (non-hydrogen) atoms. The molecule has 0 saturated carbocycles. The minimum Gasteiger partial charge on any atom is -0.508 e. The van der Waals surface area contributed by atoms with Crippen molar-refractivity contribution in [2.75, 3.05) is 11.1 Å². The number of nitrogens with one attached hydrogen (secondary N) is 1. The van der Waals surface area contributed by atoms with Crippen LogP contribution in [0.3, 0.4) is 0 Å². The Labute approximate surface area is 126 Å². The summed E-state index contributed by atoms with van der Waals surface area (Å²) in [6.07, 6.45) is 0. The average molecular weight is 386 g/mol. The number of nitrogens with two attached hydrogens (primary N) is 1. The van der Waals surface area contributed by atoms with E-state index in [-0.39, 0.29) is 11.7 Å². The standard InChI is InChI=1S/C13H10Br2N2O2/c14-10-5-8(16)6-11(15)12(10)17-13(19)7-2-1-3-9(18)4-7/h1-6,18H,16H2,(H,17,19). The molecular weight excluding hydrogens is 376 g/mol. The van der Waals surface area contributed by atoms with Gasteiger partial charge in [0.2, 0.25) is 0 Å². The maximum Gasteiger partial charge on any atom is 0.255 e. The van der Waals surface area contributed by atoms with Crippen LogP contribution < -0.4 is 11.1 Å². The Morgan fingerprint density at radius 2 is 1.79 bits per heavy atom. The van der Waals surface area contributed by atoms with Gasteiger partial charge in [0.1, 0.15) is 5.75 Å². The zero-order valence-corrected chi connectivity index (χ0v) is 12.8. The van der Waals surface area contributed by atoms with Gasteiger partial charge in [-0.05, 0) is 62.2 Å². The van der Waals surface area contributed by atoms with Crippen LogP contribution in [0.5, 0.6) is 5.75 Å². The van der Waals surface area contributed by atoms with Gasteiger partial charge in [-0.2, -0.15) is 0 Å². The summed E-state index contributed by atoms with van der Waals surface area (Å²) in [5, 5.41) is 12.1. The lowest BCUT2D eigenvalue weighted by Gasteiger charge is -2.10. The van der Waals surface area contributed by atoms with Crippen molar-refractivity contribution in [2.24, 2.45) is 0 Å². The number of halogens is 2. The number of aromatic hydroxyl groups is 1. The highest BCUT2D eigenvalue weighted by molar-refractivity contribution is 9.11. The highest BCUT2D eigenvalue weighted by Crippen LogP contribution is 2.33. The van der Waals surface area contributed by atoms with Crippen LogP contribution in [0.1, 0.15) is 10.4 Å². The molecule has 0 aliphatic heterocycles. The molecule has 1 amide bonds. The number of rotatable bonds is 2. The zero-order valence-electron chi connectivity index (χ0n) is 9.65. The number of anilines is 2. The van der Waals surface area contributed by atoms with Crippen LogP contribution in [0, 0.1) is 0 Å². The largest absolute Gasteiger partial charge is 0.508 e. The second kappa shape index (κ2) is 5.63. The molecule has 2 aromatic carbocycles. The molecule has 0 aromatic heterocycles. The van der Waals surface area contributed by atoms with Gasteiger partial charge in [-0.15, -0.1) is 0 Å². The molecule has 98 valence electrons. The monoisotopic (exact) mass is 384 g/mol. The van der Waals surface area contributed by atoms with Gasteiger partial charge in [-0.1, -0.05) is 6.07 Å². The van der Waals surface area contributed by atoms with E-state index in [1.165, 1.54) is 12.1 Å². The van der Waals surface area contributed by atoms with E-state index in [0.29, 0.717) is 25.9 Å². The number of hydrogen-bond donors (Lipinski definition) is 3. The molecule has 4 N–H and O–H groups in total. The molecule has 0 unspecified atom stereocenters. The molecule has 2 rings (SSSR count). The third kappa shape index (κ3) is 3.27. The van der Waals surface area contributed by atoms with Crippen molar-refractivity contribution in [1.29, 1.82) is 0 Å². The van der Waals surface area contributed by atoms with Crippen LogP contribution >= 0.6 is 31.9 Å². The highest BCUT2D eigenvalue weighted by atomic mass is 79.9. The molecule has 0 radical (unpaired) electrons. The van der Waals surface area contributed by atoms with Gasteiger partial charge < -0.3 is 16.2 Å². The molecule has 0 saturated heterocycles. The van der Waals surface area contributed by atoms with Gasteiger partial charge in [-0.3, -0.25) is 4.79 Å². The van der Waals surface area contributed by atoms with Crippen LogP contribution in [0.15, 0.2) is 45.3 Å². The van der Waals surface area contributed by atoms with E-state index in [1.807, 2.05) is 0 Å². The molecule has 0 fully saturated rings. The second-order valence-electron chi connectivity index (χ2n) is 3.86. The predicted octanol–water partition coefficient (Wildman–Crippen LogP) is 3.75. The lowest BCUT2D eigenvalue weighted by atomic mass is 10.2. The molecule has 0 bridgehead atoms. The van der Waals surface area contributed by atoms with E-state index < -0.39 is 0 Å². The molecule has 2 aromatic rings. The number of carbonyl (C=O) groups is 1. The highest BCUT2D eigenvalue weighted by Gasteiger charge is 2.12. The number of amides is 1. The van der Waals surface area contributed by atoms with Crippen LogP contribution in [0.25, 0.3) is 0 Å². The van der Waals surface area contributed by atoms with E-state index >= 15 is 0 Å². The second-order valence-corrected chi connectivity index (χ2v) is 5.57. The minimum absolute atomic E-state index is 0.0445. The fourth-order valence-electron chi connectivity index (χ4n) is 1.55. The van der Waals surface area contributed by atoms with Crippen molar-refractivity contribution in [3.8, 4) is 5.75 Å². The zero-order chi connectivity index (χ0) is 14.0. The van der Waals surface area contributed by atoms with Crippen LogP contribution in [0.4, 0.5) is 11.4 Å². The third-order valence-corrected chi connectivity index (χ3v) is 3.66. The van der Waals surface area contributed by atoms with Crippen molar-refractivity contribution >= 4 is 49.1 Å². The van der Waals surface area contributed by atoms with E-state index in [2.05, 4.69) is 37.2 Å². The molecule has 0 aliphatic carbocycles. The molecule has 0 aliphatic rings. The average Bonchev–Trinajstić information content (AvgIpc) is 2.33. The number of phenols is 1. The maximum absolute atomic E-state index is 12.1. The van der Waals surface area contributed by atoms with Crippen LogP contribution in [-0.4, -0.2) is 11.0 Å². The van der Waals surface area contributed by atoms with Gasteiger partial charge in [0, 0.05) is 20.2 Å². The Morgan fingerprint density at radius 3 is 2.37 bits per heavy atom. The van der Waals surface area contributed by atoms with E-state index in [9.17, 15) is 9.90 Å². The SMILES string of the molecule is Nc1cc(Br)c(NC(=O)c2cccc(O)c2)c(Br)c1. The number of carbonyl (C=O) groups excluding carboxylic acids is 1. The van der Waals surface area contributed by atoms with Crippen molar-refractivity contribution in [1.82, 2.24) is 0 Å². The summed E-state index contributed by atoms with van der Waals surface area (Å²) in [4.78, 5) is 12.1. The topological polar surface area (TPSA) is 75.3 Å². The fraction of sp³-hybridized carbons (Fsp3) is 0. The smallest absolute Gasteiger partial charge is 0.255 e. The number of nitrogen functional groups attached to an aromatic ring is 1. The Kier molecular flexibility index (Phi) is 4.11. The summed E-state index contributed by atoms with van der Waals surface area (Å²) in [6, 6.07) is 9.53. The quantitative estimate of drug-likeness (QED) is 0.689. The Bertz CT molecular complexity index is 621. The first-order valence-electron chi connectivity index (χ1n) is 5.32. The molecule has 4 nitrogen and oxygen atoms in total. The Morgan fingerprint density at radius 1 is 1.16 bits per heavy atom. The Balaban J connectivity index is 2.29.